The van der Waals surface area contributed by atoms with E-state index in [0.29, 0.717) is 17.6 Å². The Morgan fingerprint density at radius 2 is 2.35 bits per heavy atom. The van der Waals surface area contributed by atoms with E-state index in [0.717, 1.165) is 12.8 Å². The number of hydrogen-bond acceptors (Lipinski definition) is 5. The van der Waals surface area contributed by atoms with Gasteiger partial charge in [0.05, 0.1) is 6.54 Å². The van der Waals surface area contributed by atoms with E-state index in [1.54, 1.807) is 6.20 Å². The zero-order chi connectivity index (χ0) is 11.8. The molecule has 0 bridgehead atoms. The second-order valence-electron chi connectivity index (χ2n) is 3.97. The maximum absolute atomic E-state index is 11.6. The van der Waals surface area contributed by atoms with Crippen LogP contribution in [-0.4, -0.2) is 19.7 Å². The number of nitrogens with zero attached hydrogens (tertiary/aromatic N) is 4. The minimum absolute atomic E-state index is 0.0570. The lowest BCUT2D eigenvalue weighted by molar-refractivity contribution is 0.373. The largest absolute Gasteiger partial charge is 0.339 e. The first kappa shape index (κ1) is 10.5. The summed E-state index contributed by atoms with van der Waals surface area (Å²) in [6, 6.07) is 0. The van der Waals surface area contributed by atoms with Gasteiger partial charge in [0.15, 0.2) is 11.0 Å². The summed E-state index contributed by atoms with van der Waals surface area (Å²) in [5.74, 6) is 1.55. The number of rotatable bonds is 3. The summed E-state index contributed by atoms with van der Waals surface area (Å²) in [6.45, 7) is 0.247. The molecular formula is C10H9ClN4O2. The second-order valence-corrected chi connectivity index (χ2v) is 4.33. The van der Waals surface area contributed by atoms with E-state index in [2.05, 4.69) is 15.1 Å². The monoisotopic (exact) mass is 252 g/mol. The van der Waals surface area contributed by atoms with Gasteiger partial charge in [0.25, 0.3) is 5.56 Å². The molecule has 0 spiro atoms. The molecule has 1 aliphatic rings. The normalized spacial score (nSPS) is 15.1. The van der Waals surface area contributed by atoms with Gasteiger partial charge >= 0.3 is 0 Å². The van der Waals surface area contributed by atoms with Crippen LogP contribution in [0.2, 0.25) is 5.15 Å². The van der Waals surface area contributed by atoms with Crippen molar-refractivity contribution in [2.75, 3.05) is 0 Å². The van der Waals surface area contributed by atoms with E-state index in [9.17, 15) is 4.79 Å². The Morgan fingerprint density at radius 3 is 3.12 bits per heavy atom. The van der Waals surface area contributed by atoms with Crippen LogP contribution in [0.25, 0.3) is 0 Å². The molecule has 0 unspecified atom stereocenters. The van der Waals surface area contributed by atoms with E-state index in [4.69, 9.17) is 16.1 Å². The molecule has 88 valence electrons. The van der Waals surface area contributed by atoms with Gasteiger partial charge in [0.2, 0.25) is 5.89 Å². The average molecular weight is 253 g/mol. The van der Waals surface area contributed by atoms with Crippen molar-refractivity contribution in [2.45, 2.75) is 25.3 Å². The Balaban J connectivity index is 1.85. The van der Waals surface area contributed by atoms with Crippen molar-refractivity contribution < 1.29 is 4.52 Å². The Labute approximate surface area is 101 Å². The molecule has 1 fully saturated rings. The highest BCUT2D eigenvalue weighted by Crippen LogP contribution is 2.38. The number of aromatic nitrogens is 4. The van der Waals surface area contributed by atoms with Gasteiger partial charge < -0.3 is 9.09 Å². The molecule has 17 heavy (non-hydrogen) atoms. The summed E-state index contributed by atoms with van der Waals surface area (Å²) >= 11 is 5.64. The van der Waals surface area contributed by atoms with Crippen LogP contribution in [0.15, 0.2) is 21.7 Å². The lowest BCUT2D eigenvalue weighted by Crippen LogP contribution is -2.21. The van der Waals surface area contributed by atoms with Gasteiger partial charge in [0.1, 0.15) is 0 Å². The molecule has 0 atom stereocenters. The van der Waals surface area contributed by atoms with Crippen LogP contribution in [0.1, 0.15) is 30.5 Å². The van der Waals surface area contributed by atoms with E-state index < -0.39 is 0 Å². The quantitative estimate of drug-likeness (QED) is 0.821. The van der Waals surface area contributed by atoms with Crippen molar-refractivity contribution in [3.63, 3.8) is 0 Å². The Bertz CT molecular complexity index is 602. The predicted molar refractivity (Wildman–Crippen MR) is 58.9 cm³/mol. The van der Waals surface area contributed by atoms with Crippen LogP contribution in [-0.2, 0) is 6.54 Å². The van der Waals surface area contributed by atoms with Gasteiger partial charge in [-0.25, -0.2) is 4.98 Å². The van der Waals surface area contributed by atoms with Crippen molar-refractivity contribution in [1.82, 2.24) is 19.7 Å². The average Bonchev–Trinajstić information content (AvgIpc) is 3.06. The van der Waals surface area contributed by atoms with Crippen LogP contribution in [0.4, 0.5) is 0 Å². The van der Waals surface area contributed by atoms with Crippen molar-refractivity contribution in [3.8, 4) is 0 Å². The zero-order valence-corrected chi connectivity index (χ0v) is 9.59. The molecule has 0 aromatic carbocycles. The van der Waals surface area contributed by atoms with Crippen molar-refractivity contribution in [2.24, 2.45) is 0 Å². The Morgan fingerprint density at radius 1 is 1.53 bits per heavy atom. The van der Waals surface area contributed by atoms with Gasteiger partial charge in [-0.05, 0) is 12.8 Å². The third-order valence-corrected chi connectivity index (χ3v) is 2.85. The zero-order valence-electron chi connectivity index (χ0n) is 8.84. The molecule has 0 radical (unpaired) electrons. The Kier molecular flexibility index (Phi) is 2.44. The fraction of sp³-hybridized carbons (Fsp3) is 0.400. The van der Waals surface area contributed by atoms with Crippen LogP contribution >= 0.6 is 11.6 Å². The third-order valence-electron chi connectivity index (χ3n) is 2.59. The van der Waals surface area contributed by atoms with Crippen molar-refractivity contribution >= 4 is 11.6 Å². The minimum atomic E-state index is -0.355. The number of halogens is 1. The molecule has 1 saturated carbocycles. The summed E-state index contributed by atoms with van der Waals surface area (Å²) in [4.78, 5) is 19.5. The molecule has 1 aliphatic carbocycles. The van der Waals surface area contributed by atoms with Gasteiger partial charge in [-0.15, -0.1) is 0 Å². The molecule has 0 amide bonds. The second kappa shape index (κ2) is 3.96. The summed E-state index contributed by atoms with van der Waals surface area (Å²) in [5, 5.41) is 3.78. The SMILES string of the molecule is O=c1c(Cl)nccn1Cc1noc(C2CC2)n1. The van der Waals surface area contributed by atoms with E-state index in [1.165, 1.54) is 10.8 Å². The van der Waals surface area contributed by atoms with Gasteiger partial charge in [-0.3, -0.25) is 4.79 Å². The highest BCUT2D eigenvalue weighted by atomic mass is 35.5. The van der Waals surface area contributed by atoms with Crippen molar-refractivity contribution in [1.29, 1.82) is 0 Å². The number of hydrogen-bond donors (Lipinski definition) is 0. The van der Waals surface area contributed by atoms with Crippen LogP contribution in [0.5, 0.6) is 0 Å². The minimum Gasteiger partial charge on any atom is -0.339 e. The summed E-state index contributed by atoms with van der Waals surface area (Å²) in [6.07, 6.45) is 5.21. The van der Waals surface area contributed by atoms with Gasteiger partial charge in [-0.2, -0.15) is 4.98 Å². The van der Waals surface area contributed by atoms with E-state index in [1.807, 2.05) is 0 Å². The molecule has 6 nitrogen and oxygen atoms in total. The first-order chi connectivity index (χ1) is 8.24. The fourth-order valence-corrected chi connectivity index (χ4v) is 1.69. The fourth-order valence-electron chi connectivity index (χ4n) is 1.53. The highest BCUT2D eigenvalue weighted by Gasteiger charge is 2.29. The summed E-state index contributed by atoms with van der Waals surface area (Å²) in [5.41, 5.74) is -0.355. The lowest BCUT2D eigenvalue weighted by atomic mass is 10.4. The molecule has 2 aromatic rings. The Hall–Kier alpha value is -1.69. The highest BCUT2D eigenvalue weighted by molar-refractivity contribution is 6.29. The molecule has 0 N–H and O–H groups in total. The smallest absolute Gasteiger partial charge is 0.288 e. The van der Waals surface area contributed by atoms with E-state index in [-0.39, 0.29) is 17.3 Å². The van der Waals surface area contributed by atoms with E-state index >= 15 is 0 Å². The van der Waals surface area contributed by atoms with Gasteiger partial charge in [0, 0.05) is 18.3 Å². The molecule has 3 rings (SSSR count). The molecule has 7 heteroatoms. The molecule has 2 heterocycles. The summed E-state index contributed by atoms with van der Waals surface area (Å²) < 4.78 is 6.51. The molecule has 0 saturated heterocycles. The third kappa shape index (κ3) is 2.08. The van der Waals surface area contributed by atoms with Crippen molar-refractivity contribution in [3.05, 3.63) is 39.6 Å². The standard InChI is InChI=1S/C10H9ClN4O2/c11-8-10(16)15(4-3-12-8)5-7-13-9(17-14-7)6-1-2-6/h3-4,6H,1-2,5H2. The molecule has 0 aliphatic heterocycles. The molecule has 2 aromatic heterocycles. The molecular weight excluding hydrogens is 244 g/mol. The maximum Gasteiger partial charge on any atom is 0.288 e. The first-order valence-corrected chi connectivity index (χ1v) is 5.65. The van der Waals surface area contributed by atoms with Crippen LogP contribution in [0.3, 0.4) is 0 Å². The maximum atomic E-state index is 11.6. The lowest BCUT2D eigenvalue weighted by Gasteiger charge is -2.00. The van der Waals surface area contributed by atoms with Crippen LogP contribution in [0, 0.1) is 0 Å². The van der Waals surface area contributed by atoms with Crippen LogP contribution < -0.4 is 5.56 Å². The first-order valence-electron chi connectivity index (χ1n) is 5.27. The topological polar surface area (TPSA) is 73.8 Å². The van der Waals surface area contributed by atoms with Gasteiger partial charge in [-0.1, -0.05) is 16.8 Å². The summed E-state index contributed by atoms with van der Waals surface area (Å²) in [7, 11) is 0. The predicted octanol–water partition coefficient (Wildman–Crippen LogP) is 1.21.